The van der Waals surface area contributed by atoms with E-state index in [4.69, 9.17) is 9.97 Å². The van der Waals surface area contributed by atoms with Crippen molar-refractivity contribution >= 4 is 67.3 Å². The molecule has 11 heteroatoms. The second-order valence-electron chi connectivity index (χ2n) is 12.8. The van der Waals surface area contributed by atoms with Crippen molar-refractivity contribution in [2.24, 2.45) is 0 Å². The average Bonchev–Trinajstić information content (AvgIpc) is 3.68. The molecule has 1 fully saturated rings. The number of anilines is 4. The second kappa shape index (κ2) is 13.1. The van der Waals surface area contributed by atoms with Crippen LogP contribution >= 0.6 is 11.3 Å². The Kier molecular flexibility index (Phi) is 8.30. The fourth-order valence-corrected chi connectivity index (χ4v) is 7.95. The van der Waals surface area contributed by atoms with Gasteiger partial charge in [0.15, 0.2) is 0 Å². The lowest BCUT2D eigenvalue weighted by Crippen LogP contribution is -2.35. The Labute approximate surface area is 287 Å². The number of aromatic amines is 1. The standard InChI is InChI=1S/C38H36FN7O2S/c1-2-7-25-21-40-37-32-33(35(49-37)36(47)41-27-12-10-23(11-13-27)22-45-16-4-3-5-17-45)44-38(48)46(34(25)32)28-14-15-29-30(20-28)43-31(42-29)19-24-8-6-9-26(39)18-24/h6,8-15,18,20-21H,2-5,7,16-17,19,22H2,1H3,(H,41,47)(H,42,43)(H,44,48). The summed E-state index contributed by atoms with van der Waals surface area (Å²) in [6.45, 7) is 5.26. The van der Waals surface area contributed by atoms with Crippen LogP contribution in [-0.4, -0.2) is 44.9 Å². The summed E-state index contributed by atoms with van der Waals surface area (Å²) in [7, 11) is 0. The van der Waals surface area contributed by atoms with Crippen molar-refractivity contribution in [2.75, 3.05) is 28.6 Å². The molecule has 49 heavy (non-hydrogen) atoms. The largest absolute Gasteiger partial charge is 0.342 e. The van der Waals surface area contributed by atoms with Crippen LogP contribution in [0, 0.1) is 5.82 Å². The van der Waals surface area contributed by atoms with Crippen LogP contribution in [0.25, 0.3) is 21.3 Å². The maximum absolute atomic E-state index is 14.0. The first kappa shape index (κ1) is 31.2. The molecule has 2 aliphatic rings. The lowest BCUT2D eigenvalue weighted by atomic mass is 10.0. The Balaban J connectivity index is 1.10. The molecule has 0 spiro atoms. The lowest BCUT2D eigenvalue weighted by molar-refractivity contribution is 0.103. The summed E-state index contributed by atoms with van der Waals surface area (Å²) in [6, 6.07) is 19.8. The highest BCUT2D eigenvalue weighted by Crippen LogP contribution is 2.48. The number of thiophene rings is 1. The molecular weight excluding hydrogens is 638 g/mol. The number of carbonyl (C=O) groups is 2. The summed E-state index contributed by atoms with van der Waals surface area (Å²) in [5.41, 5.74) is 7.05. The fourth-order valence-electron chi connectivity index (χ4n) is 6.96. The van der Waals surface area contributed by atoms with E-state index in [2.05, 4.69) is 39.6 Å². The zero-order chi connectivity index (χ0) is 33.5. The molecule has 0 radical (unpaired) electrons. The number of pyridine rings is 1. The first-order valence-corrected chi connectivity index (χ1v) is 17.7. The highest BCUT2D eigenvalue weighted by Gasteiger charge is 2.35. The first-order chi connectivity index (χ1) is 23.9. The van der Waals surface area contributed by atoms with Crippen LogP contribution in [0.3, 0.4) is 0 Å². The minimum Gasteiger partial charge on any atom is -0.342 e. The minimum absolute atomic E-state index is 0.288. The molecule has 9 nitrogen and oxygen atoms in total. The lowest BCUT2D eigenvalue weighted by Gasteiger charge is -2.30. The summed E-state index contributed by atoms with van der Waals surface area (Å²) in [5.74, 6) is 0.124. The second-order valence-corrected chi connectivity index (χ2v) is 13.8. The number of hydrogen-bond acceptors (Lipinski definition) is 6. The van der Waals surface area contributed by atoms with Gasteiger partial charge in [0.2, 0.25) is 0 Å². The number of nitrogens with one attached hydrogen (secondary N) is 3. The number of fused-ring (bicyclic) bond motifs is 1. The quantitative estimate of drug-likeness (QED) is 0.142. The van der Waals surface area contributed by atoms with Gasteiger partial charge >= 0.3 is 6.03 Å². The summed E-state index contributed by atoms with van der Waals surface area (Å²) in [6.07, 6.45) is 7.64. The smallest absolute Gasteiger partial charge is 0.331 e. The number of piperidine rings is 1. The number of amides is 3. The van der Waals surface area contributed by atoms with Crippen molar-refractivity contribution < 1.29 is 14.0 Å². The zero-order valence-electron chi connectivity index (χ0n) is 27.2. The molecule has 3 N–H and O–H groups in total. The van der Waals surface area contributed by atoms with Crippen LogP contribution in [0.15, 0.2) is 72.9 Å². The predicted molar refractivity (Wildman–Crippen MR) is 194 cm³/mol. The summed E-state index contributed by atoms with van der Waals surface area (Å²) < 4.78 is 13.8. The monoisotopic (exact) mass is 673 g/mol. The molecule has 0 saturated carbocycles. The van der Waals surface area contributed by atoms with Crippen LogP contribution in [0.1, 0.15) is 64.8 Å². The van der Waals surface area contributed by atoms with E-state index in [1.54, 1.807) is 11.0 Å². The molecular formula is C38H36FN7O2S. The summed E-state index contributed by atoms with van der Waals surface area (Å²) in [5, 5.41) is 6.83. The third-order valence-electron chi connectivity index (χ3n) is 9.25. The van der Waals surface area contributed by atoms with Gasteiger partial charge in [0.25, 0.3) is 5.91 Å². The third-order valence-corrected chi connectivity index (χ3v) is 10.3. The minimum atomic E-state index is -0.356. The Morgan fingerprint density at radius 2 is 1.86 bits per heavy atom. The van der Waals surface area contributed by atoms with E-state index in [0.29, 0.717) is 45.4 Å². The number of halogens is 1. The molecule has 6 aromatic rings. The number of hydrogen-bond donors (Lipinski definition) is 3. The van der Waals surface area contributed by atoms with E-state index < -0.39 is 0 Å². The fraction of sp³-hybridized carbons (Fsp3) is 0.263. The number of carbonyl (C=O) groups excluding carboxylic acids is 2. The van der Waals surface area contributed by atoms with Crippen LogP contribution < -0.4 is 15.5 Å². The Morgan fingerprint density at radius 1 is 1.02 bits per heavy atom. The van der Waals surface area contributed by atoms with E-state index in [-0.39, 0.29) is 17.8 Å². The van der Waals surface area contributed by atoms with Crippen LogP contribution in [0.2, 0.25) is 0 Å². The number of H-pyrrole nitrogens is 1. The van der Waals surface area contributed by atoms with E-state index in [9.17, 15) is 14.0 Å². The number of aryl methyl sites for hydroxylation is 1. The highest BCUT2D eigenvalue weighted by molar-refractivity contribution is 7.21. The maximum Gasteiger partial charge on any atom is 0.331 e. The molecule has 1 saturated heterocycles. The van der Waals surface area contributed by atoms with Crippen molar-refractivity contribution in [3.8, 4) is 0 Å². The number of benzene rings is 3. The van der Waals surface area contributed by atoms with Gasteiger partial charge in [-0.05, 0) is 91.5 Å². The molecule has 0 aliphatic carbocycles. The molecule has 248 valence electrons. The molecule has 3 aromatic carbocycles. The molecule has 0 atom stereocenters. The van der Waals surface area contributed by atoms with Crippen molar-refractivity contribution in [3.63, 3.8) is 0 Å². The molecule has 3 aromatic heterocycles. The van der Waals surface area contributed by atoms with Crippen molar-refractivity contribution in [1.82, 2.24) is 19.9 Å². The van der Waals surface area contributed by atoms with E-state index >= 15 is 0 Å². The predicted octanol–water partition coefficient (Wildman–Crippen LogP) is 8.78. The van der Waals surface area contributed by atoms with E-state index in [0.717, 1.165) is 59.3 Å². The summed E-state index contributed by atoms with van der Waals surface area (Å²) in [4.78, 5) is 45.8. The van der Waals surface area contributed by atoms with Gasteiger partial charge in [-0.25, -0.2) is 19.2 Å². The molecule has 8 rings (SSSR count). The third kappa shape index (κ3) is 6.15. The Hall–Kier alpha value is -5.13. The topological polar surface area (TPSA) is 106 Å². The van der Waals surface area contributed by atoms with Gasteiger partial charge in [0.05, 0.1) is 33.5 Å². The normalized spacial score (nSPS) is 14.8. The number of aromatic nitrogens is 3. The number of imidazole rings is 1. The molecule has 5 heterocycles. The SMILES string of the molecule is CCCc1cnc2sc(C(=O)Nc3ccc(CN4CCCCC4)cc3)c3c2c1N(c1ccc2nc(Cc4cccc(F)c4)[nH]c2c1)C(=O)N3. The number of rotatable bonds is 9. The van der Waals surface area contributed by atoms with Gasteiger partial charge in [-0.15, -0.1) is 11.3 Å². The zero-order valence-corrected chi connectivity index (χ0v) is 28.0. The van der Waals surface area contributed by atoms with Crippen molar-refractivity contribution in [3.05, 3.63) is 106 Å². The highest BCUT2D eigenvalue weighted by atomic mass is 32.1. The van der Waals surface area contributed by atoms with Gasteiger partial charge < -0.3 is 15.6 Å². The van der Waals surface area contributed by atoms with Gasteiger partial charge in [-0.2, -0.15) is 0 Å². The molecule has 2 aliphatic heterocycles. The number of urea groups is 1. The average molecular weight is 674 g/mol. The van der Waals surface area contributed by atoms with Gasteiger partial charge in [-0.1, -0.05) is 44.0 Å². The van der Waals surface area contributed by atoms with Crippen LogP contribution in [0.5, 0.6) is 0 Å². The number of nitrogens with zero attached hydrogens (tertiary/aromatic N) is 4. The van der Waals surface area contributed by atoms with E-state index in [1.807, 2.05) is 42.6 Å². The Bertz CT molecular complexity index is 2200. The van der Waals surface area contributed by atoms with Gasteiger partial charge in [0, 0.05) is 24.8 Å². The van der Waals surface area contributed by atoms with Crippen LogP contribution in [0.4, 0.5) is 31.9 Å². The molecule has 0 bridgehead atoms. The van der Waals surface area contributed by atoms with Crippen molar-refractivity contribution in [1.29, 1.82) is 0 Å². The maximum atomic E-state index is 14.0. The van der Waals surface area contributed by atoms with Gasteiger partial charge in [0.1, 0.15) is 21.3 Å². The van der Waals surface area contributed by atoms with E-state index in [1.165, 1.54) is 48.3 Å². The Morgan fingerprint density at radius 3 is 2.65 bits per heavy atom. The number of likely N-dealkylation sites (tertiary alicyclic amines) is 1. The summed E-state index contributed by atoms with van der Waals surface area (Å²) >= 11 is 1.28. The molecule has 0 unspecified atom stereocenters. The van der Waals surface area contributed by atoms with Crippen molar-refractivity contribution in [2.45, 2.75) is 52.0 Å². The van der Waals surface area contributed by atoms with Crippen LogP contribution in [-0.2, 0) is 19.4 Å². The molecule has 3 amide bonds. The van der Waals surface area contributed by atoms with Gasteiger partial charge in [-0.3, -0.25) is 14.6 Å². The first-order valence-electron chi connectivity index (χ1n) is 16.8.